The number of rotatable bonds is 0. The Labute approximate surface area is 63.9 Å². The molecule has 0 heterocycles. The summed E-state index contributed by atoms with van der Waals surface area (Å²) >= 11 is 0. The normalized spacial score (nSPS) is 22.2. The van der Waals surface area contributed by atoms with Crippen LogP contribution < -0.4 is 0 Å². The molecule has 0 N–H and O–H groups in total. The Morgan fingerprint density at radius 1 is 0.917 bits per heavy atom. The first-order valence-corrected chi connectivity index (χ1v) is 3.02. The van der Waals surface area contributed by atoms with Gasteiger partial charge >= 0.3 is 12.4 Å². The van der Waals surface area contributed by atoms with Crippen LogP contribution in [-0.4, -0.2) is 12.4 Å². The highest BCUT2D eigenvalue weighted by atomic mass is 19.4. The molecule has 0 aromatic rings. The van der Waals surface area contributed by atoms with Crippen LogP contribution >= 0.6 is 0 Å². The molecule has 0 atom stereocenters. The molecule has 70 valence electrons. The summed E-state index contributed by atoms with van der Waals surface area (Å²) in [7, 11) is 0. The Balaban J connectivity index is 3.02. The maximum Gasteiger partial charge on any atom is 0.406 e. The average molecular weight is 190 g/mol. The van der Waals surface area contributed by atoms with E-state index in [1.165, 1.54) is 0 Å². The van der Waals surface area contributed by atoms with Gasteiger partial charge in [0.25, 0.3) is 0 Å². The number of alkyl halides is 6. The van der Waals surface area contributed by atoms with Crippen molar-refractivity contribution < 1.29 is 26.3 Å². The molecule has 0 fully saturated rings. The molecule has 0 aromatic carbocycles. The molecule has 0 saturated heterocycles. The summed E-state index contributed by atoms with van der Waals surface area (Å²) in [6.07, 6.45) is -10.5. The van der Waals surface area contributed by atoms with Gasteiger partial charge in [0.2, 0.25) is 0 Å². The van der Waals surface area contributed by atoms with E-state index in [4.69, 9.17) is 0 Å². The summed E-state index contributed by atoms with van der Waals surface area (Å²) in [5.74, 6) is 0. The molecule has 0 nitrogen and oxygen atoms in total. The van der Waals surface area contributed by atoms with Crippen molar-refractivity contribution in [1.29, 1.82) is 0 Å². The van der Waals surface area contributed by atoms with Crippen molar-refractivity contribution in [1.82, 2.24) is 0 Å². The van der Waals surface area contributed by atoms with Crippen LogP contribution in [0.4, 0.5) is 26.3 Å². The van der Waals surface area contributed by atoms with Crippen LogP contribution in [0.15, 0.2) is 12.2 Å². The molecule has 0 radical (unpaired) electrons. The van der Waals surface area contributed by atoms with Gasteiger partial charge in [-0.15, -0.1) is 0 Å². The molecule has 0 spiro atoms. The zero-order chi connectivity index (χ0) is 9.62. The monoisotopic (exact) mass is 190 g/mol. The van der Waals surface area contributed by atoms with Crippen LogP contribution in [-0.2, 0) is 0 Å². The van der Waals surface area contributed by atoms with Crippen molar-refractivity contribution >= 4 is 0 Å². The first-order valence-electron chi connectivity index (χ1n) is 3.02. The summed E-state index contributed by atoms with van der Waals surface area (Å²) in [6.45, 7) is 0. The highest BCUT2D eigenvalue weighted by Gasteiger charge is 2.70. The van der Waals surface area contributed by atoms with E-state index in [0.717, 1.165) is 6.08 Å². The van der Waals surface area contributed by atoms with Crippen LogP contribution in [0.5, 0.6) is 0 Å². The van der Waals surface area contributed by atoms with Crippen molar-refractivity contribution in [2.75, 3.05) is 0 Å². The minimum Gasteiger partial charge on any atom is -0.170 e. The van der Waals surface area contributed by atoms with Gasteiger partial charge in [-0.3, -0.25) is 0 Å². The predicted molar refractivity (Wildman–Crippen MR) is 28.3 cm³/mol. The lowest BCUT2D eigenvalue weighted by Crippen LogP contribution is -2.51. The van der Waals surface area contributed by atoms with Crippen molar-refractivity contribution in [2.45, 2.75) is 18.8 Å². The molecule has 0 aromatic heterocycles. The standard InChI is InChI=1S/C6H4F6/c7-5(8,9)4(2-1-3-4)6(10,11)12/h1-2H,3H2. The van der Waals surface area contributed by atoms with Crippen LogP contribution in [0.1, 0.15) is 6.42 Å². The molecule has 1 aliphatic carbocycles. The van der Waals surface area contributed by atoms with Crippen molar-refractivity contribution in [3.63, 3.8) is 0 Å². The van der Waals surface area contributed by atoms with Gasteiger partial charge in [0.05, 0.1) is 0 Å². The van der Waals surface area contributed by atoms with Gasteiger partial charge in [0.1, 0.15) is 0 Å². The molecule has 0 saturated carbocycles. The lowest BCUT2D eigenvalue weighted by Gasteiger charge is -2.38. The van der Waals surface area contributed by atoms with E-state index in [1.54, 1.807) is 0 Å². The fourth-order valence-electron chi connectivity index (χ4n) is 0.935. The lowest BCUT2D eigenvalue weighted by molar-refractivity contribution is -0.326. The molecule has 1 aliphatic rings. The van der Waals surface area contributed by atoms with Crippen molar-refractivity contribution in [3.05, 3.63) is 12.2 Å². The van der Waals surface area contributed by atoms with E-state index < -0.39 is 24.2 Å². The van der Waals surface area contributed by atoms with E-state index >= 15 is 0 Å². The molecule has 0 unspecified atom stereocenters. The second-order valence-corrected chi connectivity index (χ2v) is 2.57. The van der Waals surface area contributed by atoms with Gasteiger partial charge in [-0.05, 0) is 6.42 Å². The Morgan fingerprint density at radius 2 is 1.25 bits per heavy atom. The molecule has 0 amide bonds. The number of halogens is 6. The predicted octanol–water partition coefficient (Wildman–Crippen LogP) is 3.06. The van der Waals surface area contributed by atoms with Crippen LogP contribution in [0.2, 0.25) is 0 Å². The Kier molecular flexibility index (Phi) is 1.70. The summed E-state index contributed by atoms with van der Waals surface area (Å²) in [4.78, 5) is 0. The zero-order valence-electron chi connectivity index (χ0n) is 5.63. The van der Waals surface area contributed by atoms with Gasteiger partial charge in [0, 0.05) is 0 Å². The molecular formula is C6H4F6. The third kappa shape index (κ3) is 1.01. The van der Waals surface area contributed by atoms with E-state index in [2.05, 4.69) is 0 Å². The smallest absolute Gasteiger partial charge is 0.170 e. The second kappa shape index (κ2) is 2.17. The fraction of sp³-hybridized carbons (Fsp3) is 0.667. The summed E-state index contributed by atoms with van der Waals surface area (Å²) in [6, 6.07) is 0. The number of allylic oxidation sites excluding steroid dienone is 2. The Morgan fingerprint density at radius 3 is 1.25 bits per heavy atom. The number of hydrogen-bond donors (Lipinski definition) is 0. The van der Waals surface area contributed by atoms with Gasteiger partial charge < -0.3 is 0 Å². The van der Waals surface area contributed by atoms with Gasteiger partial charge in [-0.1, -0.05) is 12.2 Å². The van der Waals surface area contributed by atoms with E-state index in [0.29, 0.717) is 0 Å². The first-order chi connectivity index (χ1) is 5.21. The minimum absolute atomic E-state index is 0.160. The summed E-state index contributed by atoms with van der Waals surface area (Å²) < 4.78 is 71.3. The lowest BCUT2D eigenvalue weighted by atomic mass is 9.75. The van der Waals surface area contributed by atoms with Gasteiger partial charge in [-0.25, -0.2) is 0 Å². The highest BCUT2D eigenvalue weighted by Crippen LogP contribution is 2.57. The minimum atomic E-state index is -5.24. The molecule has 12 heavy (non-hydrogen) atoms. The molecule has 0 bridgehead atoms. The maximum atomic E-state index is 11.9. The van der Waals surface area contributed by atoms with E-state index in [-0.39, 0.29) is 6.08 Å². The van der Waals surface area contributed by atoms with Crippen LogP contribution in [0.25, 0.3) is 0 Å². The fourth-order valence-corrected chi connectivity index (χ4v) is 0.935. The van der Waals surface area contributed by atoms with Gasteiger partial charge in [-0.2, -0.15) is 26.3 Å². The van der Waals surface area contributed by atoms with Crippen molar-refractivity contribution in [2.24, 2.45) is 5.41 Å². The third-order valence-electron chi connectivity index (χ3n) is 1.85. The van der Waals surface area contributed by atoms with Crippen LogP contribution in [0.3, 0.4) is 0 Å². The summed E-state index contributed by atoms with van der Waals surface area (Å²) in [5.41, 5.74) is -3.58. The van der Waals surface area contributed by atoms with Gasteiger partial charge in [0.15, 0.2) is 5.41 Å². The molecule has 0 aliphatic heterocycles. The van der Waals surface area contributed by atoms with Crippen molar-refractivity contribution in [3.8, 4) is 0 Å². The van der Waals surface area contributed by atoms with E-state index in [9.17, 15) is 26.3 Å². The Bertz CT molecular complexity index is 193. The third-order valence-corrected chi connectivity index (χ3v) is 1.85. The average Bonchev–Trinajstić information content (AvgIpc) is 1.47. The Hall–Kier alpha value is -0.680. The van der Waals surface area contributed by atoms with E-state index in [1.807, 2.05) is 0 Å². The first kappa shape index (κ1) is 9.41. The molecule has 6 heteroatoms. The maximum absolute atomic E-state index is 11.9. The summed E-state index contributed by atoms with van der Waals surface area (Å²) in [5, 5.41) is 0. The second-order valence-electron chi connectivity index (χ2n) is 2.57. The SMILES string of the molecule is FC(F)(F)C1(C(F)(F)F)C=CC1. The largest absolute Gasteiger partial charge is 0.406 e. The highest BCUT2D eigenvalue weighted by molar-refractivity contribution is 5.19. The zero-order valence-corrected chi connectivity index (χ0v) is 5.63. The molecule has 1 rings (SSSR count). The quantitative estimate of drug-likeness (QED) is 0.406. The van der Waals surface area contributed by atoms with Crippen LogP contribution in [0, 0.1) is 5.41 Å². The topological polar surface area (TPSA) is 0 Å². The number of hydrogen-bond acceptors (Lipinski definition) is 0. The molecular weight excluding hydrogens is 186 g/mol.